The predicted octanol–water partition coefficient (Wildman–Crippen LogP) is 3.60. The fourth-order valence-electron chi connectivity index (χ4n) is 2.23. The van der Waals surface area contributed by atoms with Gasteiger partial charge < -0.3 is 10.1 Å². The second-order valence-electron chi connectivity index (χ2n) is 5.88. The van der Waals surface area contributed by atoms with Gasteiger partial charge in [0.25, 0.3) is 11.6 Å². The van der Waals surface area contributed by atoms with E-state index in [-0.39, 0.29) is 22.3 Å². The zero-order valence-corrected chi connectivity index (χ0v) is 15.8. The molecule has 0 radical (unpaired) electrons. The molecule has 0 saturated carbocycles. The highest BCUT2D eigenvalue weighted by atomic mass is 35.5. The van der Waals surface area contributed by atoms with E-state index >= 15 is 0 Å². The normalized spacial score (nSPS) is 12.9. The summed E-state index contributed by atoms with van der Waals surface area (Å²) in [5.74, 6) is -0.898. The topological polar surface area (TPSA) is 116 Å². The number of ether oxygens (including phenoxy) is 1. The molecule has 144 valence electrons. The van der Waals surface area contributed by atoms with Crippen LogP contribution in [0.2, 0.25) is 5.02 Å². The van der Waals surface area contributed by atoms with Crippen molar-refractivity contribution in [2.45, 2.75) is 39.3 Å². The number of esters is 1. The number of nitrogens with zero attached hydrogens (tertiary/aromatic N) is 3. The Bertz CT molecular complexity index is 867. The third kappa shape index (κ3) is 4.82. The highest BCUT2D eigenvalue weighted by Crippen LogP contribution is 2.23. The number of nitro benzene ring substituents is 1. The average molecular weight is 395 g/mol. The zero-order chi connectivity index (χ0) is 20.1. The van der Waals surface area contributed by atoms with Crippen LogP contribution in [0.3, 0.4) is 0 Å². The Morgan fingerprint density at radius 3 is 2.67 bits per heavy atom. The first kappa shape index (κ1) is 20.4. The molecule has 1 aromatic heterocycles. The summed E-state index contributed by atoms with van der Waals surface area (Å²) in [4.78, 5) is 34.6. The molecule has 10 heteroatoms. The molecule has 1 amide bonds. The van der Waals surface area contributed by atoms with Crippen molar-refractivity contribution in [2.75, 3.05) is 5.32 Å². The molecule has 1 heterocycles. The predicted molar refractivity (Wildman–Crippen MR) is 98.8 cm³/mol. The number of benzene rings is 1. The molecule has 1 aromatic carbocycles. The number of hydrogen-bond acceptors (Lipinski definition) is 6. The van der Waals surface area contributed by atoms with Gasteiger partial charge in [-0.1, -0.05) is 18.5 Å². The van der Waals surface area contributed by atoms with E-state index in [0.717, 1.165) is 18.6 Å². The lowest BCUT2D eigenvalue weighted by Gasteiger charge is -2.17. The minimum absolute atomic E-state index is 0.0634. The van der Waals surface area contributed by atoms with Gasteiger partial charge in [0.1, 0.15) is 5.82 Å². The number of nitro groups is 1. The number of hydrogen-bond donors (Lipinski definition) is 1. The summed E-state index contributed by atoms with van der Waals surface area (Å²) < 4.78 is 6.79. The van der Waals surface area contributed by atoms with E-state index < -0.39 is 22.9 Å². The maximum absolute atomic E-state index is 12.3. The Kier molecular flexibility index (Phi) is 6.51. The molecule has 0 bridgehead atoms. The van der Waals surface area contributed by atoms with Crippen LogP contribution < -0.4 is 5.32 Å². The number of nitrogens with one attached hydrogen (secondary N) is 1. The molecule has 1 N–H and O–H groups in total. The van der Waals surface area contributed by atoms with Crippen LogP contribution in [0.4, 0.5) is 11.5 Å². The first-order valence-corrected chi connectivity index (χ1v) is 8.61. The van der Waals surface area contributed by atoms with Gasteiger partial charge in [-0.15, -0.1) is 0 Å². The second-order valence-corrected chi connectivity index (χ2v) is 6.28. The Morgan fingerprint density at radius 2 is 2.07 bits per heavy atom. The van der Waals surface area contributed by atoms with Gasteiger partial charge in [-0.3, -0.25) is 14.9 Å². The summed E-state index contributed by atoms with van der Waals surface area (Å²) in [6, 6.07) is 5.11. The van der Waals surface area contributed by atoms with E-state index in [1.165, 1.54) is 13.0 Å². The van der Waals surface area contributed by atoms with Crippen molar-refractivity contribution in [3.63, 3.8) is 0 Å². The van der Waals surface area contributed by atoms with E-state index in [4.69, 9.17) is 16.3 Å². The average Bonchev–Trinajstić information content (AvgIpc) is 3.08. The van der Waals surface area contributed by atoms with Gasteiger partial charge in [0.05, 0.1) is 27.7 Å². The van der Waals surface area contributed by atoms with Crippen LogP contribution in [0, 0.1) is 10.1 Å². The van der Waals surface area contributed by atoms with Crippen molar-refractivity contribution < 1.29 is 19.2 Å². The highest BCUT2D eigenvalue weighted by Gasteiger charge is 2.23. The lowest BCUT2D eigenvalue weighted by molar-refractivity contribution is -0.384. The van der Waals surface area contributed by atoms with Crippen molar-refractivity contribution in [1.82, 2.24) is 9.78 Å². The van der Waals surface area contributed by atoms with Gasteiger partial charge in [0.15, 0.2) is 6.10 Å². The van der Waals surface area contributed by atoms with Crippen molar-refractivity contribution in [3.05, 3.63) is 51.2 Å². The molecule has 0 unspecified atom stereocenters. The van der Waals surface area contributed by atoms with E-state index in [1.807, 2.05) is 13.8 Å². The minimum Gasteiger partial charge on any atom is -0.449 e. The first-order valence-electron chi connectivity index (χ1n) is 8.23. The van der Waals surface area contributed by atoms with E-state index in [1.54, 1.807) is 16.9 Å². The summed E-state index contributed by atoms with van der Waals surface area (Å²) >= 11 is 5.90. The number of halogens is 1. The molecule has 0 fully saturated rings. The van der Waals surface area contributed by atoms with Gasteiger partial charge in [-0.05, 0) is 26.3 Å². The molecule has 27 heavy (non-hydrogen) atoms. The van der Waals surface area contributed by atoms with E-state index in [0.29, 0.717) is 5.82 Å². The number of rotatable bonds is 7. The summed E-state index contributed by atoms with van der Waals surface area (Å²) in [5, 5.41) is 17.4. The third-order valence-corrected chi connectivity index (χ3v) is 4.28. The minimum atomic E-state index is -1.11. The molecule has 0 spiro atoms. The Morgan fingerprint density at radius 1 is 1.37 bits per heavy atom. The van der Waals surface area contributed by atoms with Crippen LogP contribution in [-0.2, 0) is 9.53 Å². The quantitative estimate of drug-likeness (QED) is 0.435. The van der Waals surface area contributed by atoms with E-state index in [9.17, 15) is 19.7 Å². The van der Waals surface area contributed by atoms with Crippen LogP contribution in [0.15, 0.2) is 30.5 Å². The molecular formula is C17H19ClN4O5. The standard InChI is InChI=1S/C17H19ClN4O5/c1-4-10(2)21-15(7-8-19-21)20-16(23)11(3)27-17(24)13-6-5-12(22(25)26)9-14(13)18/h5-11H,4H2,1-3H3,(H,20,23)/t10-,11-/m1/s1. The smallest absolute Gasteiger partial charge is 0.340 e. The van der Waals surface area contributed by atoms with Crippen molar-refractivity contribution in [2.24, 2.45) is 0 Å². The van der Waals surface area contributed by atoms with Gasteiger partial charge in [-0.25, -0.2) is 9.48 Å². The van der Waals surface area contributed by atoms with Crippen LogP contribution in [-0.4, -0.2) is 32.7 Å². The number of aromatic nitrogens is 2. The van der Waals surface area contributed by atoms with Crippen LogP contribution in [0.5, 0.6) is 0 Å². The highest BCUT2D eigenvalue weighted by molar-refractivity contribution is 6.33. The Labute approximate surface area is 160 Å². The van der Waals surface area contributed by atoms with Crippen LogP contribution >= 0.6 is 11.6 Å². The van der Waals surface area contributed by atoms with Gasteiger partial charge in [0, 0.05) is 18.2 Å². The lowest BCUT2D eigenvalue weighted by Crippen LogP contribution is -2.31. The lowest BCUT2D eigenvalue weighted by atomic mass is 10.2. The Hall–Kier alpha value is -2.94. The fourth-order valence-corrected chi connectivity index (χ4v) is 2.48. The number of carbonyl (C=O) groups is 2. The van der Waals surface area contributed by atoms with Crippen LogP contribution in [0.1, 0.15) is 43.6 Å². The Balaban J connectivity index is 2.05. The SMILES string of the molecule is CC[C@@H](C)n1nccc1NC(=O)[C@@H](C)OC(=O)c1ccc([N+](=O)[O-])cc1Cl. The van der Waals surface area contributed by atoms with Gasteiger partial charge >= 0.3 is 5.97 Å². The maximum atomic E-state index is 12.3. The number of non-ortho nitro benzene ring substituents is 1. The first-order chi connectivity index (χ1) is 12.7. The number of carbonyl (C=O) groups excluding carboxylic acids is 2. The van der Waals surface area contributed by atoms with Crippen molar-refractivity contribution in [3.8, 4) is 0 Å². The second kappa shape index (κ2) is 8.63. The summed E-state index contributed by atoms with van der Waals surface area (Å²) in [7, 11) is 0. The molecule has 2 rings (SSSR count). The third-order valence-electron chi connectivity index (χ3n) is 3.97. The number of amides is 1. The van der Waals surface area contributed by atoms with Crippen molar-refractivity contribution >= 4 is 35.0 Å². The van der Waals surface area contributed by atoms with E-state index in [2.05, 4.69) is 10.4 Å². The maximum Gasteiger partial charge on any atom is 0.340 e. The van der Waals surface area contributed by atoms with Crippen LogP contribution in [0.25, 0.3) is 0 Å². The summed E-state index contributed by atoms with van der Waals surface area (Å²) in [6.07, 6.45) is 1.28. The van der Waals surface area contributed by atoms with Crippen molar-refractivity contribution in [1.29, 1.82) is 0 Å². The molecule has 0 aliphatic rings. The summed E-state index contributed by atoms with van der Waals surface area (Å²) in [6.45, 7) is 5.37. The van der Waals surface area contributed by atoms with Gasteiger partial charge in [-0.2, -0.15) is 5.10 Å². The zero-order valence-electron chi connectivity index (χ0n) is 15.0. The number of anilines is 1. The molecule has 2 aromatic rings. The summed E-state index contributed by atoms with van der Waals surface area (Å²) in [5.41, 5.74) is -0.313. The monoisotopic (exact) mass is 394 g/mol. The fraction of sp³-hybridized carbons (Fsp3) is 0.353. The molecule has 9 nitrogen and oxygen atoms in total. The molecule has 0 saturated heterocycles. The molecular weight excluding hydrogens is 376 g/mol. The largest absolute Gasteiger partial charge is 0.449 e. The van der Waals surface area contributed by atoms with Gasteiger partial charge in [0.2, 0.25) is 0 Å². The molecule has 2 atom stereocenters. The molecule has 0 aliphatic carbocycles. The molecule has 0 aliphatic heterocycles.